The van der Waals surface area contributed by atoms with Gasteiger partial charge in [-0.1, -0.05) is 23.2 Å². The summed E-state index contributed by atoms with van der Waals surface area (Å²) in [7, 11) is -3.69. The van der Waals surface area contributed by atoms with Gasteiger partial charge in [-0.3, -0.25) is 0 Å². The topological polar surface area (TPSA) is 66.8 Å². The Morgan fingerprint density at radius 2 is 1.89 bits per heavy atom. The van der Waals surface area contributed by atoms with Gasteiger partial charge >= 0.3 is 0 Å². The van der Waals surface area contributed by atoms with Crippen LogP contribution in [-0.2, 0) is 21.4 Å². The molecule has 0 aromatic heterocycles. The summed E-state index contributed by atoms with van der Waals surface area (Å²) in [5, 5.41) is 9.42. The maximum atomic E-state index is 12.4. The first kappa shape index (κ1) is 15.0. The van der Waals surface area contributed by atoms with Gasteiger partial charge in [0.2, 0.25) is 10.0 Å². The van der Waals surface area contributed by atoms with Gasteiger partial charge in [0.05, 0.1) is 24.8 Å². The predicted molar refractivity (Wildman–Crippen MR) is 72.0 cm³/mol. The standard InChI is InChI=1S/C11H13Cl2NO4S/c12-9-1-2-10(11(13)8(9)7-15)19(16,17)14-3-5-18-6-4-14/h1-2,15H,3-7H2. The molecule has 0 amide bonds. The number of benzene rings is 1. The van der Waals surface area contributed by atoms with Gasteiger partial charge in [0.15, 0.2) is 0 Å². The van der Waals surface area contributed by atoms with E-state index in [9.17, 15) is 13.5 Å². The minimum atomic E-state index is -3.69. The normalized spacial score (nSPS) is 17.6. The minimum absolute atomic E-state index is 0.0264. The molecule has 1 aromatic rings. The van der Waals surface area contributed by atoms with Crippen molar-refractivity contribution in [3.05, 3.63) is 27.7 Å². The van der Waals surface area contributed by atoms with Crippen molar-refractivity contribution < 1.29 is 18.3 Å². The number of hydrogen-bond donors (Lipinski definition) is 1. The van der Waals surface area contributed by atoms with Crippen molar-refractivity contribution in [3.8, 4) is 0 Å². The number of aliphatic hydroxyl groups excluding tert-OH is 1. The Morgan fingerprint density at radius 1 is 1.26 bits per heavy atom. The lowest BCUT2D eigenvalue weighted by Crippen LogP contribution is -2.40. The Labute approximate surface area is 121 Å². The summed E-state index contributed by atoms with van der Waals surface area (Å²) < 4.78 is 31.3. The molecule has 1 fully saturated rings. The van der Waals surface area contributed by atoms with Gasteiger partial charge in [-0.25, -0.2) is 8.42 Å². The van der Waals surface area contributed by atoms with E-state index in [0.29, 0.717) is 13.2 Å². The summed E-state index contributed by atoms with van der Waals surface area (Å²) >= 11 is 11.9. The first-order valence-electron chi connectivity index (χ1n) is 5.64. The van der Waals surface area contributed by atoms with Gasteiger partial charge in [-0.05, 0) is 12.1 Å². The van der Waals surface area contributed by atoms with E-state index in [1.807, 2.05) is 0 Å². The maximum Gasteiger partial charge on any atom is 0.244 e. The largest absolute Gasteiger partial charge is 0.392 e. The van der Waals surface area contributed by atoms with Crippen molar-refractivity contribution >= 4 is 33.2 Å². The zero-order valence-corrected chi connectivity index (χ0v) is 12.3. The fourth-order valence-corrected chi connectivity index (χ4v) is 4.13. The summed E-state index contributed by atoms with van der Waals surface area (Å²) in [6.07, 6.45) is 0. The second-order valence-electron chi connectivity index (χ2n) is 4.01. The van der Waals surface area contributed by atoms with Gasteiger partial charge in [-0.15, -0.1) is 0 Å². The van der Waals surface area contributed by atoms with Crippen LogP contribution in [0.4, 0.5) is 0 Å². The van der Waals surface area contributed by atoms with Gasteiger partial charge in [0, 0.05) is 23.7 Å². The summed E-state index contributed by atoms with van der Waals surface area (Å²) in [5.41, 5.74) is 0.220. The molecule has 1 aliphatic heterocycles. The summed E-state index contributed by atoms with van der Waals surface area (Å²) in [6, 6.07) is 2.78. The third-order valence-corrected chi connectivity index (χ3v) is 5.74. The van der Waals surface area contributed by atoms with Gasteiger partial charge in [-0.2, -0.15) is 4.31 Å². The highest BCUT2D eigenvalue weighted by atomic mass is 35.5. The average molecular weight is 326 g/mol. The highest BCUT2D eigenvalue weighted by Crippen LogP contribution is 2.32. The second kappa shape index (κ2) is 5.95. The molecule has 1 N–H and O–H groups in total. The number of rotatable bonds is 3. The van der Waals surface area contributed by atoms with E-state index in [-0.39, 0.29) is 33.6 Å². The lowest BCUT2D eigenvalue weighted by molar-refractivity contribution is 0.0730. The van der Waals surface area contributed by atoms with Crippen LogP contribution in [0.25, 0.3) is 0 Å². The van der Waals surface area contributed by atoms with Crippen LogP contribution in [0.15, 0.2) is 17.0 Å². The van der Waals surface area contributed by atoms with Crippen LogP contribution in [0, 0.1) is 0 Å². The minimum Gasteiger partial charge on any atom is -0.392 e. The third-order valence-electron chi connectivity index (χ3n) is 2.90. The fraction of sp³-hybridized carbons (Fsp3) is 0.455. The monoisotopic (exact) mass is 325 g/mol. The van der Waals surface area contributed by atoms with Gasteiger partial charge in [0.25, 0.3) is 0 Å². The molecule has 8 heteroatoms. The zero-order valence-electron chi connectivity index (χ0n) is 9.97. The molecule has 1 saturated heterocycles. The van der Waals surface area contributed by atoms with E-state index in [1.165, 1.54) is 16.4 Å². The van der Waals surface area contributed by atoms with Crippen molar-refractivity contribution in [1.82, 2.24) is 4.31 Å². The van der Waals surface area contributed by atoms with E-state index in [4.69, 9.17) is 27.9 Å². The Balaban J connectivity index is 2.46. The van der Waals surface area contributed by atoms with Crippen molar-refractivity contribution in [2.24, 2.45) is 0 Å². The van der Waals surface area contributed by atoms with Crippen LogP contribution in [0.3, 0.4) is 0 Å². The molecule has 1 aromatic carbocycles. The number of sulfonamides is 1. The molecule has 1 aliphatic rings. The second-order valence-corrected chi connectivity index (χ2v) is 6.70. The molecule has 19 heavy (non-hydrogen) atoms. The van der Waals surface area contributed by atoms with Crippen LogP contribution in [-0.4, -0.2) is 44.1 Å². The van der Waals surface area contributed by atoms with E-state index >= 15 is 0 Å². The highest BCUT2D eigenvalue weighted by Gasteiger charge is 2.29. The fourth-order valence-electron chi connectivity index (χ4n) is 1.85. The smallest absolute Gasteiger partial charge is 0.244 e. The van der Waals surface area contributed by atoms with E-state index in [0.717, 1.165) is 0 Å². The van der Waals surface area contributed by atoms with E-state index in [2.05, 4.69) is 0 Å². The number of morpholine rings is 1. The lowest BCUT2D eigenvalue weighted by atomic mass is 10.2. The molecule has 5 nitrogen and oxygen atoms in total. The number of hydrogen-bond acceptors (Lipinski definition) is 4. The van der Waals surface area contributed by atoms with Crippen molar-refractivity contribution in [3.63, 3.8) is 0 Å². The van der Waals surface area contributed by atoms with Crippen molar-refractivity contribution in [1.29, 1.82) is 0 Å². The molecule has 0 radical (unpaired) electrons. The number of halogens is 2. The Hall–Kier alpha value is -0.370. The van der Waals surface area contributed by atoms with Crippen molar-refractivity contribution in [2.75, 3.05) is 26.3 Å². The highest BCUT2D eigenvalue weighted by molar-refractivity contribution is 7.89. The molecule has 0 saturated carbocycles. The molecule has 0 unspecified atom stereocenters. The first-order chi connectivity index (χ1) is 8.98. The lowest BCUT2D eigenvalue weighted by Gasteiger charge is -2.26. The number of ether oxygens (including phenoxy) is 1. The van der Waals surface area contributed by atoms with Crippen LogP contribution in [0.1, 0.15) is 5.56 Å². The quantitative estimate of drug-likeness (QED) is 0.914. The Bertz CT molecular complexity index is 570. The Morgan fingerprint density at radius 3 is 2.47 bits per heavy atom. The van der Waals surface area contributed by atoms with Crippen LogP contribution < -0.4 is 0 Å². The maximum absolute atomic E-state index is 12.4. The van der Waals surface area contributed by atoms with Crippen LogP contribution in [0.2, 0.25) is 10.0 Å². The molecule has 0 atom stereocenters. The summed E-state index contributed by atoms with van der Waals surface area (Å²) in [4.78, 5) is -0.0375. The number of nitrogens with zero attached hydrogens (tertiary/aromatic N) is 1. The van der Waals surface area contributed by atoms with Crippen LogP contribution >= 0.6 is 23.2 Å². The molecule has 0 bridgehead atoms. The number of aliphatic hydroxyl groups is 1. The van der Waals surface area contributed by atoms with Gasteiger partial charge < -0.3 is 9.84 Å². The van der Waals surface area contributed by atoms with E-state index in [1.54, 1.807) is 0 Å². The molecular weight excluding hydrogens is 313 g/mol. The molecular formula is C11H13Cl2NO4S. The molecule has 0 spiro atoms. The van der Waals surface area contributed by atoms with Gasteiger partial charge in [0.1, 0.15) is 4.90 Å². The first-order valence-corrected chi connectivity index (χ1v) is 7.83. The Kier molecular flexibility index (Phi) is 4.70. The summed E-state index contributed by atoms with van der Waals surface area (Å²) in [5.74, 6) is 0. The van der Waals surface area contributed by atoms with Crippen LogP contribution in [0.5, 0.6) is 0 Å². The molecule has 106 valence electrons. The third kappa shape index (κ3) is 2.89. The molecule has 1 heterocycles. The zero-order chi connectivity index (χ0) is 14.0. The van der Waals surface area contributed by atoms with E-state index < -0.39 is 16.6 Å². The SMILES string of the molecule is O=S(=O)(c1ccc(Cl)c(CO)c1Cl)N1CCOCC1. The molecule has 0 aliphatic carbocycles. The van der Waals surface area contributed by atoms with Crippen molar-refractivity contribution in [2.45, 2.75) is 11.5 Å². The summed E-state index contributed by atoms with van der Waals surface area (Å²) in [6.45, 7) is 0.879. The predicted octanol–water partition coefficient (Wildman–Crippen LogP) is 1.51. The average Bonchev–Trinajstić information content (AvgIpc) is 2.40. The molecule has 2 rings (SSSR count).